The van der Waals surface area contributed by atoms with Crippen LogP contribution < -0.4 is 4.74 Å². The van der Waals surface area contributed by atoms with E-state index in [-0.39, 0.29) is 5.75 Å². The molecule has 82 valence electrons. The maximum Gasteiger partial charge on any atom is 0.161 e. The topological polar surface area (TPSA) is 29.5 Å². The average molecular weight is 206 g/mol. The lowest BCUT2D eigenvalue weighted by molar-refractivity contribution is 0.370. The van der Waals surface area contributed by atoms with Gasteiger partial charge in [0.1, 0.15) is 0 Å². The zero-order chi connectivity index (χ0) is 11.3. The minimum absolute atomic E-state index is 0.271. The van der Waals surface area contributed by atoms with Crippen LogP contribution in [0.15, 0.2) is 18.2 Å². The third-order valence-corrected chi connectivity index (χ3v) is 2.27. The second-order valence-corrected chi connectivity index (χ2v) is 3.48. The van der Waals surface area contributed by atoms with Crippen LogP contribution >= 0.6 is 0 Å². The number of hydrogen-bond acceptors (Lipinski definition) is 2. The lowest BCUT2D eigenvalue weighted by Gasteiger charge is -2.09. The van der Waals surface area contributed by atoms with Gasteiger partial charge in [-0.2, -0.15) is 0 Å². The van der Waals surface area contributed by atoms with Crippen molar-refractivity contribution >= 4 is 6.08 Å². The highest BCUT2D eigenvalue weighted by Gasteiger charge is 2.08. The Morgan fingerprint density at radius 3 is 2.67 bits per heavy atom. The first-order valence-corrected chi connectivity index (χ1v) is 5.25. The van der Waals surface area contributed by atoms with Crippen LogP contribution in [0.5, 0.6) is 11.5 Å². The van der Waals surface area contributed by atoms with Crippen molar-refractivity contribution in [2.24, 2.45) is 0 Å². The van der Waals surface area contributed by atoms with Gasteiger partial charge in [0.05, 0.1) is 7.11 Å². The Bertz CT molecular complexity index is 354. The molecule has 0 saturated heterocycles. The molecule has 0 saturated carbocycles. The number of benzene rings is 1. The molecule has 0 fully saturated rings. The van der Waals surface area contributed by atoms with E-state index in [0.717, 1.165) is 24.0 Å². The van der Waals surface area contributed by atoms with Gasteiger partial charge in [0.2, 0.25) is 0 Å². The first-order chi connectivity index (χ1) is 7.22. The van der Waals surface area contributed by atoms with Gasteiger partial charge in [-0.05, 0) is 36.6 Å². The molecule has 0 radical (unpaired) electrons. The van der Waals surface area contributed by atoms with Gasteiger partial charge < -0.3 is 9.84 Å². The Morgan fingerprint density at radius 1 is 1.40 bits per heavy atom. The van der Waals surface area contributed by atoms with E-state index in [1.165, 1.54) is 0 Å². The third kappa shape index (κ3) is 2.75. The zero-order valence-electron chi connectivity index (χ0n) is 9.58. The number of aryl methyl sites for hydroxylation is 1. The van der Waals surface area contributed by atoms with Crippen LogP contribution in [0.3, 0.4) is 0 Å². The fraction of sp³-hybridized carbons (Fsp3) is 0.385. The lowest BCUT2D eigenvalue weighted by Crippen LogP contribution is -1.91. The van der Waals surface area contributed by atoms with Gasteiger partial charge in [0, 0.05) is 0 Å². The Labute approximate surface area is 91.2 Å². The highest BCUT2D eigenvalue weighted by molar-refractivity contribution is 5.58. The predicted molar refractivity (Wildman–Crippen MR) is 63.4 cm³/mol. The van der Waals surface area contributed by atoms with E-state index in [4.69, 9.17) is 4.74 Å². The van der Waals surface area contributed by atoms with E-state index in [9.17, 15) is 5.11 Å². The van der Waals surface area contributed by atoms with Crippen LogP contribution in [-0.4, -0.2) is 12.2 Å². The second-order valence-electron chi connectivity index (χ2n) is 3.48. The second kappa shape index (κ2) is 5.44. The average Bonchev–Trinajstić information content (AvgIpc) is 2.23. The molecule has 0 aliphatic heterocycles. The van der Waals surface area contributed by atoms with Gasteiger partial charge in [-0.1, -0.05) is 25.5 Å². The molecule has 0 heterocycles. The molecule has 0 aromatic heterocycles. The maximum atomic E-state index is 9.86. The SMILES string of the molecule is CC=Cc1cc(CCC)c(O)c(OC)c1. The molecule has 1 N–H and O–H groups in total. The molecule has 0 spiro atoms. The molecule has 2 nitrogen and oxygen atoms in total. The fourth-order valence-electron chi connectivity index (χ4n) is 1.59. The normalized spacial score (nSPS) is 10.9. The first kappa shape index (κ1) is 11.6. The molecule has 1 rings (SSSR count). The van der Waals surface area contributed by atoms with Crippen LogP contribution in [0, 0.1) is 0 Å². The summed E-state index contributed by atoms with van der Waals surface area (Å²) < 4.78 is 5.14. The summed E-state index contributed by atoms with van der Waals surface area (Å²) in [6.07, 6.45) is 5.85. The number of phenolic OH excluding ortho intramolecular Hbond substituents is 1. The largest absolute Gasteiger partial charge is 0.504 e. The fourth-order valence-corrected chi connectivity index (χ4v) is 1.59. The van der Waals surface area contributed by atoms with Gasteiger partial charge in [0.15, 0.2) is 11.5 Å². The van der Waals surface area contributed by atoms with Crippen molar-refractivity contribution in [3.63, 3.8) is 0 Å². The summed E-state index contributed by atoms with van der Waals surface area (Å²) in [6.45, 7) is 4.06. The monoisotopic (exact) mass is 206 g/mol. The van der Waals surface area contributed by atoms with Crippen molar-refractivity contribution < 1.29 is 9.84 Å². The van der Waals surface area contributed by atoms with Gasteiger partial charge in [0.25, 0.3) is 0 Å². The van der Waals surface area contributed by atoms with E-state index in [0.29, 0.717) is 5.75 Å². The van der Waals surface area contributed by atoms with Gasteiger partial charge >= 0.3 is 0 Å². The van der Waals surface area contributed by atoms with E-state index < -0.39 is 0 Å². The number of methoxy groups -OCH3 is 1. The number of rotatable bonds is 4. The van der Waals surface area contributed by atoms with Crippen LogP contribution in [0.25, 0.3) is 6.08 Å². The van der Waals surface area contributed by atoms with E-state index in [1.54, 1.807) is 7.11 Å². The highest BCUT2D eigenvalue weighted by Crippen LogP contribution is 2.32. The molecule has 1 aromatic rings. The Kier molecular flexibility index (Phi) is 4.22. The zero-order valence-corrected chi connectivity index (χ0v) is 9.58. The van der Waals surface area contributed by atoms with Crippen LogP contribution in [0.2, 0.25) is 0 Å². The highest BCUT2D eigenvalue weighted by atomic mass is 16.5. The standard InChI is InChI=1S/C13H18O2/c1-4-6-10-8-11(7-5-2)13(14)12(9-10)15-3/h4,6,8-9,14H,5,7H2,1-3H3. The summed E-state index contributed by atoms with van der Waals surface area (Å²) in [4.78, 5) is 0. The third-order valence-electron chi connectivity index (χ3n) is 2.27. The molecule has 1 aromatic carbocycles. The first-order valence-electron chi connectivity index (χ1n) is 5.25. The van der Waals surface area contributed by atoms with Crippen molar-refractivity contribution in [3.05, 3.63) is 29.3 Å². The van der Waals surface area contributed by atoms with Gasteiger partial charge in [-0.3, -0.25) is 0 Å². The van der Waals surface area contributed by atoms with E-state index in [2.05, 4.69) is 6.92 Å². The number of phenols is 1. The Hall–Kier alpha value is -1.44. The van der Waals surface area contributed by atoms with Crippen LogP contribution in [-0.2, 0) is 6.42 Å². The molecular weight excluding hydrogens is 188 g/mol. The molecule has 0 atom stereocenters. The summed E-state index contributed by atoms with van der Waals surface area (Å²) in [7, 11) is 1.57. The van der Waals surface area contributed by atoms with Crippen LogP contribution in [0.4, 0.5) is 0 Å². The smallest absolute Gasteiger partial charge is 0.161 e. The predicted octanol–water partition coefficient (Wildman–Crippen LogP) is 3.39. The summed E-state index contributed by atoms with van der Waals surface area (Å²) in [5.41, 5.74) is 2.01. The van der Waals surface area contributed by atoms with Crippen molar-refractivity contribution in [2.75, 3.05) is 7.11 Å². The van der Waals surface area contributed by atoms with Crippen LogP contribution in [0.1, 0.15) is 31.4 Å². The summed E-state index contributed by atoms with van der Waals surface area (Å²) in [5.74, 6) is 0.821. The maximum absolute atomic E-state index is 9.86. The molecule has 0 aliphatic carbocycles. The molecular formula is C13H18O2. The van der Waals surface area contributed by atoms with E-state index >= 15 is 0 Å². The quantitative estimate of drug-likeness (QED) is 0.818. The van der Waals surface area contributed by atoms with Crippen molar-refractivity contribution in [2.45, 2.75) is 26.7 Å². The summed E-state index contributed by atoms with van der Waals surface area (Å²) >= 11 is 0. The van der Waals surface area contributed by atoms with Crippen molar-refractivity contribution in [1.82, 2.24) is 0 Å². The molecule has 15 heavy (non-hydrogen) atoms. The Morgan fingerprint density at radius 2 is 2.13 bits per heavy atom. The number of ether oxygens (including phenoxy) is 1. The summed E-state index contributed by atoms with van der Waals surface area (Å²) in [5, 5.41) is 9.86. The van der Waals surface area contributed by atoms with E-state index in [1.807, 2.05) is 31.2 Å². The van der Waals surface area contributed by atoms with Gasteiger partial charge in [-0.25, -0.2) is 0 Å². The molecule has 2 heteroatoms. The molecule has 0 bridgehead atoms. The lowest BCUT2D eigenvalue weighted by atomic mass is 10.0. The summed E-state index contributed by atoms with van der Waals surface area (Å²) in [6, 6.07) is 3.84. The Balaban J connectivity index is 3.18. The number of allylic oxidation sites excluding steroid dienone is 1. The molecule has 0 unspecified atom stereocenters. The minimum Gasteiger partial charge on any atom is -0.504 e. The minimum atomic E-state index is 0.271. The number of aromatic hydroxyl groups is 1. The number of hydrogen-bond donors (Lipinski definition) is 1. The molecule has 0 aliphatic rings. The molecule has 0 amide bonds. The van der Waals surface area contributed by atoms with Crippen molar-refractivity contribution in [3.8, 4) is 11.5 Å². The van der Waals surface area contributed by atoms with Gasteiger partial charge in [-0.15, -0.1) is 0 Å². The van der Waals surface area contributed by atoms with Crippen molar-refractivity contribution in [1.29, 1.82) is 0 Å².